The van der Waals surface area contributed by atoms with E-state index in [0.717, 1.165) is 6.42 Å². The van der Waals surface area contributed by atoms with Gasteiger partial charge in [0.15, 0.2) is 0 Å². The molecule has 1 heterocycles. The van der Waals surface area contributed by atoms with Crippen molar-refractivity contribution < 1.29 is 18.8 Å². The highest BCUT2D eigenvalue weighted by Crippen LogP contribution is 2.23. The molecule has 1 unspecified atom stereocenters. The largest absolute Gasteiger partial charge is 0.354 e. The van der Waals surface area contributed by atoms with Crippen molar-refractivity contribution in [1.29, 1.82) is 0 Å². The Hall–Kier alpha value is -2.44. The first-order chi connectivity index (χ1) is 13.8. The van der Waals surface area contributed by atoms with Crippen molar-refractivity contribution in [2.45, 2.75) is 52.5 Å². The van der Waals surface area contributed by atoms with E-state index in [2.05, 4.69) is 10.6 Å². The second kappa shape index (κ2) is 10.9. The molecule has 2 rings (SSSR count). The van der Waals surface area contributed by atoms with Gasteiger partial charge in [0.25, 0.3) is 5.91 Å². The average molecular weight is 406 g/mol. The van der Waals surface area contributed by atoms with Gasteiger partial charge in [0, 0.05) is 31.6 Å². The summed E-state index contributed by atoms with van der Waals surface area (Å²) in [6.07, 6.45) is 2.40. The van der Waals surface area contributed by atoms with Crippen LogP contribution >= 0.6 is 0 Å². The Bertz CT molecular complexity index is 715. The predicted octanol–water partition coefficient (Wildman–Crippen LogP) is 2.74. The SMILES string of the molecule is CCCNC(=O)C(NC(=O)CC(C)C)C1CCN(C(=O)c2cccc(F)c2)CC1. The van der Waals surface area contributed by atoms with Crippen LogP contribution in [0.5, 0.6) is 0 Å². The van der Waals surface area contributed by atoms with Crippen LogP contribution < -0.4 is 10.6 Å². The van der Waals surface area contributed by atoms with E-state index in [1.807, 2.05) is 20.8 Å². The fourth-order valence-corrected chi connectivity index (χ4v) is 3.60. The van der Waals surface area contributed by atoms with Gasteiger partial charge < -0.3 is 15.5 Å². The topological polar surface area (TPSA) is 78.5 Å². The Morgan fingerprint density at radius 2 is 1.90 bits per heavy atom. The van der Waals surface area contributed by atoms with Crippen molar-refractivity contribution >= 4 is 17.7 Å². The number of amides is 3. The maximum atomic E-state index is 13.4. The highest BCUT2D eigenvalue weighted by atomic mass is 19.1. The molecule has 0 bridgehead atoms. The average Bonchev–Trinajstić information content (AvgIpc) is 2.69. The smallest absolute Gasteiger partial charge is 0.253 e. The molecule has 1 saturated heterocycles. The first-order valence-electron chi connectivity index (χ1n) is 10.4. The Morgan fingerprint density at radius 1 is 1.21 bits per heavy atom. The Kier molecular flexibility index (Phi) is 8.61. The number of carbonyl (C=O) groups excluding carboxylic acids is 3. The Morgan fingerprint density at radius 3 is 2.48 bits per heavy atom. The van der Waals surface area contributed by atoms with Crippen molar-refractivity contribution in [3.05, 3.63) is 35.6 Å². The van der Waals surface area contributed by atoms with Crippen LogP contribution in [0, 0.1) is 17.7 Å². The standard InChI is InChI=1S/C22H32FN3O3/c1-4-10-24-21(28)20(25-19(27)13-15(2)3)16-8-11-26(12-9-16)22(29)17-6-5-7-18(23)14-17/h5-7,14-16,20H,4,8-13H2,1-3H3,(H,24,28)(H,25,27). The molecule has 6 nitrogen and oxygen atoms in total. The van der Waals surface area contributed by atoms with Crippen molar-refractivity contribution in [3.8, 4) is 0 Å². The minimum atomic E-state index is -0.598. The third-order valence-electron chi connectivity index (χ3n) is 5.11. The minimum absolute atomic E-state index is 0.0421. The number of benzene rings is 1. The zero-order valence-electron chi connectivity index (χ0n) is 17.5. The lowest BCUT2D eigenvalue weighted by molar-refractivity contribution is -0.131. The highest BCUT2D eigenvalue weighted by Gasteiger charge is 2.34. The first-order valence-corrected chi connectivity index (χ1v) is 10.4. The normalized spacial score (nSPS) is 15.8. The van der Waals surface area contributed by atoms with Gasteiger partial charge >= 0.3 is 0 Å². The molecule has 0 saturated carbocycles. The van der Waals surface area contributed by atoms with Gasteiger partial charge in [-0.2, -0.15) is 0 Å². The van der Waals surface area contributed by atoms with Gasteiger partial charge in [-0.1, -0.05) is 26.8 Å². The lowest BCUT2D eigenvalue weighted by Crippen LogP contribution is -2.54. The third kappa shape index (κ3) is 6.84. The summed E-state index contributed by atoms with van der Waals surface area (Å²) in [4.78, 5) is 39.2. The van der Waals surface area contributed by atoms with E-state index in [9.17, 15) is 18.8 Å². The molecule has 1 atom stereocenters. The van der Waals surface area contributed by atoms with E-state index < -0.39 is 11.9 Å². The molecule has 2 N–H and O–H groups in total. The van der Waals surface area contributed by atoms with E-state index in [0.29, 0.717) is 44.5 Å². The summed E-state index contributed by atoms with van der Waals surface area (Å²) in [6, 6.07) is 5.07. The van der Waals surface area contributed by atoms with Gasteiger partial charge in [0.05, 0.1) is 0 Å². The molecule has 0 aliphatic carbocycles. The molecule has 0 radical (unpaired) electrons. The van der Waals surface area contributed by atoms with E-state index in [4.69, 9.17) is 0 Å². The molecule has 1 aliphatic heterocycles. The monoisotopic (exact) mass is 405 g/mol. The Balaban J connectivity index is 2.01. The Labute approximate surface area is 172 Å². The van der Waals surface area contributed by atoms with Gasteiger partial charge in [0.1, 0.15) is 11.9 Å². The number of piperidine rings is 1. The van der Waals surface area contributed by atoms with Crippen LogP contribution in [0.4, 0.5) is 4.39 Å². The van der Waals surface area contributed by atoms with Gasteiger partial charge in [-0.25, -0.2) is 4.39 Å². The molecule has 3 amide bonds. The zero-order chi connectivity index (χ0) is 21.4. The highest BCUT2D eigenvalue weighted by molar-refractivity contribution is 5.94. The number of nitrogens with zero attached hydrogens (tertiary/aromatic N) is 1. The number of hydrogen-bond donors (Lipinski definition) is 2. The van der Waals surface area contributed by atoms with Gasteiger partial charge in [-0.05, 0) is 49.3 Å². The van der Waals surface area contributed by atoms with Crippen molar-refractivity contribution in [3.63, 3.8) is 0 Å². The molecule has 0 spiro atoms. The summed E-state index contributed by atoms with van der Waals surface area (Å²) in [7, 11) is 0. The molecule has 1 aromatic carbocycles. The first kappa shape index (κ1) is 22.8. The van der Waals surface area contributed by atoms with Crippen LogP contribution in [0.3, 0.4) is 0 Å². The quantitative estimate of drug-likeness (QED) is 0.698. The number of nitrogens with one attached hydrogen (secondary N) is 2. The van der Waals surface area contributed by atoms with E-state index in [1.54, 1.807) is 11.0 Å². The lowest BCUT2D eigenvalue weighted by Gasteiger charge is -2.36. The van der Waals surface area contributed by atoms with E-state index in [1.165, 1.54) is 18.2 Å². The molecular weight excluding hydrogens is 373 g/mol. The van der Waals surface area contributed by atoms with Crippen LogP contribution in [-0.4, -0.2) is 48.3 Å². The summed E-state index contributed by atoms with van der Waals surface area (Å²) in [6.45, 7) is 7.40. The zero-order valence-corrected chi connectivity index (χ0v) is 17.5. The van der Waals surface area contributed by atoms with Crippen molar-refractivity contribution in [2.24, 2.45) is 11.8 Å². The second-order valence-corrected chi connectivity index (χ2v) is 8.07. The summed E-state index contributed by atoms with van der Waals surface area (Å²) < 4.78 is 13.4. The predicted molar refractivity (Wildman–Crippen MR) is 110 cm³/mol. The van der Waals surface area contributed by atoms with Gasteiger partial charge in [-0.15, -0.1) is 0 Å². The molecule has 1 aromatic rings. The second-order valence-electron chi connectivity index (χ2n) is 8.07. The minimum Gasteiger partial charge on any atom is -0.354 e. The van der Waals surface area contributed by atoms with Crippen molar-refractivity contribution in [2.75, 3.05) is 19.6 Å². The van der Waals surface area contributed by atoms with E-state index in [-0.39, 0.29) is 29.6 Å². The number of likely N-dealkylation sites (tertiary alicyclic amines) is 1. The lowest BCUT2D eigenvalue weighted by atomic mass is 9.88. The summed E-state index contributed by atoms with van der Waals surface area (Å²) in [5, 5.41) is 5.78. The molecular formula is C22H32FN3O3. The van der Waals surface area contributed by atoms with E-state index >= 15 is 0 Å². The number of halogens is 1. The number of rotatable bonds is 8. The third-order valence-corrected chi connectivity index (χ3v) is 5.11. The molecule has 0 aromatic heterocycles. The van der Waals surface area contributed by atoms with Crippen LogP contribution in [0.1, 0.15) is 56.8 Å². The number of hydrogen-bond acceptors (Lipinski definition) is 3. The fraction of sp³-hybridized carbons (Fsp3) is 0.591. The molecule has 160 valence electrons. The van der Waals surface area contributed by atoms with Crippen LogP contribution in [-0.2, 0) is 9.59 Å². The van der Waals surface area contributed by atoms with Gasteiger partial charge in [-0.3, -0.25) is 14.4 Å². The molecule has 1 fully saturated rings. The maximum absolute atomic E-state index is 13.4. The molecule has 1 aliphatic rings. The molecule has 29 heavy (non-hydrogen) atoms. The fourth-order valence-electron chi connectivity index (χ4n) is 3.60. The molecule has 7 heteroatoms. The van der Waals surface area contributed by atoms with Gasteiger partial charge in [0.2, 0.25) is 11.8 Å². The van der Waals surface area contributed by atoms with Crippen LogP contribution in [0.25, 0.3) is 0 Å². The number of carbonyl (C=O) groups is 3. The van der Waals surface area contributed by atoms with Crippen LogP contribution in [0.15, 0.2) is 24.3 Å². The summed E-state index contributed by atoms with van der Waals surface area (Å²) in [5.74, 6) is -0.779. The summed E-state index contributed by atoms with van der Waals surface area (Å²) in [5.41, 5.74) is 0.325. The van der Waals surface area contributed by atoms with Crippen molar-refractivity contribution in [1.82, 2.24) is 15.5 Å². The summed E-state index contributed by atoms with van der Waals surface area (Å²) >= 11 is 0. The maximum Gasteiger partial charge on any atom is 0.253 e. The van der Waals surface area contributed by atoms with Crippen LogP contribution in [0.2, 0.25) is 0 Å².